The van der Waals surface area contributed by atoms with Crippen molar-refractivity contribution in [1.82, 2.24) is 9.71 Å². The van der Waals surface area contributed by atoms with Crippen LogP contribution in [-0.4, -0.2) is 19.3 Å². The summed E-state index contributed by atoms with van der Waals surface area (Å²) in [6, 6.07) is 8.87. The highest BCUT2D eigenvalue weighted by Crippen LogP contribution is 2.46. The standard InChI is InChI=1S/C21H16F3N3O3S/c22-17-4-2-15(12-16(17)20(28)26-14-1-3-18(23)19(24)11-14)31(29,30)27-21(7-8-21)13-5-9-25-10-6-13/h1-6,9-12,27H,7-8H2,(H,26,28). The Morgan fingerprint density at radius 3 is 2.23 bits per heavy atom. The van der Waals surface area contributed by atoms with E-state index < -0.39 is 44.5 Å². The zero-order valence-electron chi connectivity index (χ0n) is 15.9. The molecule has 0 spiro atoms. The van der Waals surface area contributed by atoms with E-state index in [2.05, 4.69) is 15.0 Å². The number of nitrogens with one attached hydrogen (secondary N) is 2. The van der Waals surface area contributed by atoms with E-state index >= 15 is 0 Å². The molecule has 0 radical (unpaired) electrons. The normalized spacial score (nSPS) is 14.8. The van der Waals surface area contributed by atoms with E-state index in [4.69, 9.17) is 0 Å². The van der Waals surface area contributed by atoms with Gasteiger partial charge in [0, 0.05) is 24.1 Å². The van der Waals surface area contributed by atoms with Crippen LogP contribution in [0.3, 0.4) is 0 Å². The van der Waals surface area contributed by atoms with Crippen molar-refractivity contribution in [2.75, 3.05) is 5.32 Å². The van der Waals surface area contributed by atoms with Crippen molar-refractivity contribution in [3.8, 4) is 0 Å². The molecule has 31 heavy (non-hydrogen) atoms. The Hall–Kier alpha value is -3.24. The number of anilines is 1. The van der Waals surface area contributed by atoms with Crippen LogP contribution in [0.4, 0.5) is 18.9 Å². The van der Waals surface area contributed by atoms with Gasteiger partial charge in [-0.25, -0.2) is 26.3 Å². The van der Waals surface area contributed by atoms with Crippen LogP contribution in [0.25, 0.3) is 0 Å². The molecule has 1 aromatic heterocycles. The molecule has 1 heterocycles. The van der Waals surface area contributed by atoms with Crippen molar-refractivity contribution in [3.63, 3.8) is 0 Å². The summed E-state index contributed by atoms with van der Waals surface area (Å²) in [6.45, 7) is 0. The fourth-order valence-electron chi connectivity index (χ4n) is 3.18. The lowest BCUT2D eigenvalue weighted by molar-refractivity contribution is 0.102. The van der Waals surface area contributed by atoms with Gasteiger partial charge < -0.3 is 5.32 Å². The van der Waals surface area contributed by atoms with Crippen molar-refractivity contribution in [2.45, 2.75) is 23.3 Å². The summed E-state index contributed by atoms with van der Waals surface area (Å²) in [5, 5.41) is 2.22. The quantitative estimate of drug-likeness (QED) is 0.603. The zero-order chi connectivity index (χ0) is 22.2. The molecule has 1 fully saturated rings. The molecule has 0 aliphatic heterocycles. The van der Waals surface area contributed by atoms with Crippen molar-refractivity contribution < 1.29 is 26.4 Å². The Morgan fingerprint density at radius 2 is 1.58 bits per heavy atom. The molecule has 0 unspecified atom stereocenters. The molecular weight excluding hydrogens is 431 g/mol. The number of rotatable bonds is 6. The van der Waals surface area contributed by atoms with E-state index in [1.54, 1.807) is 24.5 Å². The van der Waals surface area contributed by atoms with Crippen LogP contribution in [0, 0.1) is 17.5 Å². The number of carbonyl (C=O) groups excluding carboxylic acids is 1. The third-order valence-corrected chi connectivity index (χ3v) is 6.52. The van der Waals surface area contributed by atoms with Gasteiger partial charge in [-0.15, -0.1) is 0 Å². The first kappa shape index (κ1) is 21.0. The second kappa shape index (κ2) is 7.78. The SMILES string of the molecule is O=C(Nc1ccc(F)c(F)c1)c1cc(S(=O)(=O)NC2(c3ccncc3)CC2)ccc1F. The topological polar surface area (TPSA) is 88.2 Å². The van der Waals surface area contributed by atoms with Gasteiger partial charge in [-0.2, -0.15) is 0 Å². The van der Waals surface area contributed by atoms with Crippen molar-refractivity contribution in [1.29, 1.82) is 0 Å². The van der Waals surface area contributed by atoms with Gasteiger partial charge in [0.05, 0.1) is 16.0 Å². The van der Waals surface area contributed by atoms with E-state index in [9.17, 15) is 26.4 Å². The minimum Gasteiger partial charge on any atom is -0.322 e. The highest BCUT2D eigenvalue weighted by Gasteiger charge is 2.47. The van der Waals surface area contributed by atoms with E-state index in [1.807, 2.05) is 0 Å². The molecular formula is C21H16F3N3O3S. The van der Waals surface area contributed by atoms with Gasteiger partial charge >= 0.3 is 0 Å². The lowest BCUT2D eigenvalue weighted by atomic mass is 10.1. The Kier molecular flexibility index (Phi) is 5.28. The second-order valence-electron chi connectivity index (χ2n) is 7.15. The zero-order valence-corrected chi connectivity index (χ0v) is 16.7. The fraction of sp³-hybridized carbons (Fsp3) is 0.143. The maximum atomic E-state index is 14.3. The van der Waals surface area contributed by atoms with Gasteiger partial charge in [-0.3, -0.25) is 9.78 Å². The molecule has 0 saturated heterocycles. The van der Waals surface area contributed by atoms with Crippen molar-refractivity contribution in [3.05, 3.63) is 89.5 Å². The molecule has 6 nitrogen and oxygen atoms in total. The van der Waals surface area contributed by atoms with E-state index in [-0.39, 0.29) is 10.6 Å². The number of amides is 1. The van der Waals surface area contributed by atoms with Crippen LogP contribution in [0.15, 0.2) is 65.8 Å². The van der Waals surface area contributed by atoms with Crippen LogP contribution >= 0.6 is 0 Å². The summed E-state index contributed by atoms with van der Waals surface area (Å²) >= 11 is 0. The van der Waals surface area contributed by atoms with Crippen molar-refractivity contribution in [2.24, 2.45) is 0 Å². The highest BCUT2D eigenvalue weighted by atomic mass is 32.2. The third kappa shape index (κ3) is 4.30. The molecule has 4 rings (SSSR count). The number of benzene rings is 2. The minimum absolute atomic E-state index is 0.107. The monoisotopic (exact) mass is 447 g/mol. The molecule has 0 atom stereocenters. The average Bonchev–Trinajstić information content (AvgIpc) is 3.51. The van der Waals surface area contributed by atoms with E-state index in [1.165, 1.54) is 0 Å². The number of halogens is 3. The van der Waals surface area contributed by atoms with Crippen molar-refractivity contribution >= 4 is 21.6 Å². The summed E-state index contributed by atoms with van der Waals surface area (Å²) in [7, 11) is -4.09. The lowest BCUT2D eigenvalue weighted by Gasteiger charge is -2.18. The maximum Gasteiger partial charge on any atom is 0.258 e. The number of carbonyl (C=O) groups is 1. The number of pyridine rings is 1. The molecule has 2 N–H and O–H groups in total. The van der Waals surface area contributed by atoms with Crippen LogP contribution in [0.2, 0.25) is 0 Å². The van der Waals surface area contributed by atoms with Crippen LogP contribution in [0.5, 0.6) is 0 Å². The molecule has 160 valence electrons. The lowest BCUT2D eigenvalue weighted by Crippen LogP contribution is -2.35. The molecule has 2 aromatic carbocycles. The molecule has 10 heteroatoms. The van der Waals surface area contributed by atoms with Gasteiger partial charge in [-0.05, 0) is 60.9 Å². The van der Waals surface area contributed by atoms with Gasteiger partial charge in [0.15, 0.2) is 11.6 Å². The molecule has 1 saturated carbocycles. The maximum absolute atomic E-state index is 14.3. The average molecular weight is 447 g/mol. The number of hydrogen-bond donors (Lipinski definition) is 2. The number of nitrogens with zero attached hydrogens (tertiary/aromatic N) is 1. The Labute approximate surface area is 176 Å². The van der Waals surface area contributed by atoms with Gasteiger partial charge in [-0.1, -0.05) is 0 Å². The Balaban J connectivity index is 1.59. The predicted molar refractivity (Wildman–Crippen MR) is 106 cm³/mol. The summed E-state index contributed by atoms with van der Waals surface area (Å²) in [5.74, 6) is -4.26. The molecule has 1 aliphatic carbocycles. The summed E-state index contributed by atoms with van der Waals surface area (Å²) in [5.41, 5.74) is -0.681. The molecule has 3 aromatic rings. The number of sulfonamides is 1. The second-order valence-corrected chi connectivity index (χ2v) is 8.83. The highest BCUT2D eigenvalue weighted by molar-refractivity contribution is 7.89. The summed E-state index contributed by atoms with van der Waals surface area (Å²) in [4.78, 5) is 16.1. The van der Waals surface area contributed by atoms with Gasteiger partial charge in [0.1, 0.15) is 5.82 Å². The minimum atomic E-state index is -4.09. The number of aromatic nitrogens is 1. The molecule has 1 aliphatic rings. The van der Waals surface area contributed by atoms with Crippen LogP contribution in [0.1, 0.15) is 28.8 Å². The molecule has 0 bridgehead atoms. The van der Waals surface area contributed by atoms with E-state index in [0.717, 1.165) is 42.0 Å². The Morgan fingerprint density at radius 1 is 0.903 bits per heavy atom. The fourth-order valence-corrected chi connectivity index (χ4v) is 4.65. The Bertz CT molecular complexity index is 1260. The first-order valence-electron chi connectivity index (χ1n) is 9.21. The van der Waals surface area contributed by atoms with Gasteiger partial charge in [0.2, 0.25) is 10.0 Å². The largest absolute Gasteiger partial charge is 0.322 e. The first-order chi connectivity index (χ1) is 14.7. The first-order valence-corrected chi connectivity index (χ1v) is 10.7. The third-order valence-electron chi connectivity index (χ3n) is 4.98. The van der Waals surface area contributed by atoms with Crippen LogP contribution in [-0.2, 0) is 15.6 Å². The summed E-state index contributed by atoms with van der Waals surface area (Å²) in [6.07, 6.45) is 4.28. The smallest absolute Gasteiger partial charge is 0.258 e. The van der Waals surface area contributed by atoms with Crippen LogP contribution < -0.4 is 10.0 Å². The summed E-state index contributed by atoms with van der Waals surface area (Å²) < 4.78 is 69.1. The number of hydrogen-bond acceptors (Lipinski definition) is 4. The predicted octanol–water partition coefficient (Wildman–Crippen LogP) is 3.72. The van der Waals surface area contributed by atoms with E-state index in [0.29, 0.717) is 12.8 Å². The van der Waals surface area contributed by atoms with Gasteiger partial charge in [0.25, 0.3) is 5.91 Å². The molecule has 1 amide bonds.